The fourth-order valence-electron chi connectivity index (χ4n) is 4.39. The van der Waals surface area contributed by atoms with E-state index < -0.39 is 4.92 Å². The molecule has 7 nitrogen and oxygen atoms in total. The first-order valence-electron chi connectivity index (χ1n) is 10.5. The standard InChI is InChI=1S/C21H32N4O3/c1-17-8-9-19(20(14-17)25(27)28)22-21(26)16-24-11-5-10-23(12-13-24)15-18-6-3-2-4-7-18/h8-9,14,18H,2-7,10-13,15-16H2,1H3,(H,22,26). The number of nitrogens with one attached hydrogen (secondary N) is 1. The Morgan fingerprint density at radius 3 is 2.57 bits per heavy atom. The lowest BCUT2D eigenvalue weighted by molar-refractivity contribution is -0.384. The van der Waals surface area contributed by atoms with E-state index in [1.54, 1.807) is 19.1 Å². The molecular weight excluding hydrogens is 356 g/mol. The van der Waals surface area contributed by atoms with Crippen LogP contribution in [0.1, 0.15) is 44.1 Å². The van der Waals surface area contributed by atoms with Crippen molar-refractivity contribution < 1.29 is 9.72 Å². The van der Waals surface area contributed by atoms with Crippen LogP contribution in [0.15, 0.2) is 18.2 Å². The van der Waals surface area contributed by atoms with Crippen molar-refractivity contribution in [2.24, 2.45) is 5.92 Å². The number of amides is 1. The number of nitrogens with zero attached hydrogens (tertiary/aromatic N) is 3. The first kappa shape index (κ1) is 20.7. The third-order valence-corrected chi connectivity index (χ3v) is 5.91. The second-order valence-electron chi connectivity index (χ2n) is 8.26. The van der Waals surface area contributed by atoms with E-state index in [0.717, 1.165) is 44.1 Å². The number of benzene rings is 1. The molecule has 1 N–H and O–H groups in total. The van der Waals surface area contributed by atoms with E-state index in [2.05, 4.69) is 15.1 Å². The lowest BCUT2D eigenvalue weighted by Gasteiger charge is -2.28. The van der Waals surface area contributed by atoms with Crippen LogP contribution >= 0.6 is 0 Å². The fourth-order valence-corrected chi connectivity index (χ4v) is 4.39. The van der Waals surface area contributed by atoms with Crippen molar-refractivity contribution >= 4 is 17.3 Å². The maximum atomic E-state index is 12.5. The summed E-state index contributed by atoms with van der Waals surface area (Å²) in [7, 11) is 0. The molecule has 28 heavy (non-hydrogen) atoms. The van der Waals surface area contributed by atoms with Gasteiger partial charge in [0.05, 0.1) is 11.5 Å². The zero-order valence-corrected chi connectivity index (χ0v) is 16.9. The highest BCUT2D eigenvalue weighted by molar-refractivity contribution is 5.94. The van der Waals surface area contributed by atoms with Crippen LogP contribution in [0.3, 0.4) is 0 Å². The Kier molecular flexibility index (Phi) is 7.39. The van der Waals surface area contributed by atoms with Crippen LogP contribution in [0.5, 0.6) is 0 Å². The van der Waals surface area contributed by atoms with E-state index in [0.29, 0.717) is 0 Å². The van der Waals surface area contributed by atoms with Gasteiger partial charge in [-0.1, -0.05) is 25.3 Å². The Balaban J connectivity index is 1.49. The molecule has 0 radical (unpaired) electrons. The van der Waals surface area contributed by atoms with Crippen molar-refractivity contribution in [3.63, 3.8) is 0 Å². The summed E-state index contributed by atoms with van der Waals surface area (Å²) in [6.07, 6.45) is 7.91. The average Bonchev–Trinajstić information content (AvgIpc) is 2.89. The Bertz CT molecular complexity index is 688. The summed E-state index contributed by atoms with van der Waals surface area (Å²) < 4.78 is 0. The van der Waals surface area contributed by atoms with Crippen molar-refractivity contribution in [3.05, 3.63) is 33.9 Å². The molecule has 154 valence electrons. The van der Waals surface area contributed by atoms with E-state index in [1.807, 2.05) is 0 Å². The second-order valence-corrected chi connectivity index (χ2v) is 8.26. The molecule has 0 spiro atoms. The SMILES string of the molecule is Cc1ccc(NC(=O)CN2CCCN(CC3CCCCC3)CC2)c([N+](=O)[O-])c1. The summed E-state index contributed by atoms with van der Waals surface area (Å²) in [4.78, 5) is 28.0. The van der Waals surface area contributed by atoms with Gasteiger partial charge < -0.3 is 10.2 Å². The van der Waals surface area contributed by atoms with Gasteiger partial charge in [0.1, 0.15) is 5.69 Å². The summed E-state index contributed by atoms with van der Waals surface area (Å²) in [5.74, 6) is 0.651. The molecule has 3 rings (SSSR count). The Morgan fingerprint density at radius 1 is 1.11 bits per heavy atom. The topological polar surface area (TPSA) is 78.7 Å². The Morgan fingerprint density at radius 2 is 1.82 bits per heavy atom. The highest BCUT2D eigenvalue weighted by Gasteiger charge is 2.22. The number of rotatable bonds is 6. The van der Waals surface area contributed by atoms with Gasteiger partial charge in [-0.25, -0.2) is 0 Å². The van der Waals surface area contributed by atoms with Gasteiger partial charge in [-0.3, -0.25) is 19.8 Å². The van der Waals surface area contributed by atoms with Crippen molar-refractivity contribution in [2.45, 2.75) is 45.4 Å². The van der Waals surface area contributed by atoms with Gasteiger partial charge in [-0.2, -0.15) is 0 Å². The maximum absolute atomic E-state index is 12.5. The predicted molar refractivity (Wildman–Crippen MR) is 111 cm³/mol. The quantitative estimate of drug-likeness (QED) is 0.597. The maximum Gasteiger partial charge on any atom is 0.293 e. The van der Waals surface area contributed by atoms with Gasteiger partial charge in [-0.05, 0) is 56.8 Å². The van der Waals surface area contributed by atoms with Crippen molar-refractivity contribution in [2.75, 3.05) is 44.6 Å². The van der Waals surface area contributed by atoms with Gasteiger partial charge in [0.25, 0.3) is 5.69 Å². The third-order valence-electron chi connectivity index (χ3n) is 5.91. The molecule has 1 heterocycles. The lowest BCUT2D eigenvalue weighted by atomic mass is 9.89. The number of carbonyl (C=O) groups is 1. The van der Waals surface area contributed by atoms with Gasteiger partial charge in [0, 0.05) is 25.7 Å². The molecule has 0 aromatic heterocycles. The van der Waals surface area contributed by atoms with Gasteiger partial charge in [0.15, 0.2) is 0 Å². The molecule has 0 atom stereocenters. The van der Waals surface area contributed by atoms with Crippen molar-refractivity contribution in [1.29, 1.82) is 0 Å². The van der Waals surface area contributed by atoms with Crippen LogP contribution in [0.25, 0.3) is 0 Å². The molecule has 1 aromatic rings. The van der Waals surface area contributed by atoms with Crippen LogP contribution in [-0.2, 0) is 4.79 Å². The van der Waals surface area contributed by atoms with E-state index in [-0.39, 0.29) is 23.8 Å². The molecule has 7 heteroatoms. The van der Waals surface area contributed by atoms with Crippen LogP contribution in [0.4, 0.5) is 11.4 Å². The molecule has 1 amide bonds. The largest absolute Gasteiger partial charge is 0.319 e. The predicted octanol–water partition coefficient (Wildman–Crippen LogP) is 3.43. The minimum absolute atomic E-state index is 0.0529. The minimum Gasteiger partial charge on any atom is -0.319 e. The van der Waals surface area contributed by atoms with Crippen LogP contribution in [0.2, 0.25) is 0 Å². The number of hydrogen-bond donors (Lipinski definition) is 1. The first-order chi connectivity index (χ1) is 13.5. The van der Waals surface area contributed by atoms with Crippen molar-refractivity contribution in [3.8, 4) is 0 Å². The van der Waals surface area contributed by atoms with Gasteiger partial charge in [0.2, 0.25) is 5.91 Å². The van der Waals surface area contributed by atoms with E-state index >= 15 is 0 Å². The summed E-state index contributed by atoms with van der Waals surface area (Å²) in [6.45, 7) is 7.13. The number of carbonyl (C=O) groups excluding carboxylic acids is 1. The van der Waals surface area contributed by atoms with E-state index in [9.17, 15) is 14.9 Å². The molecular formula is C21H32N4O3. The van der Waals surface area contributed by atoms with E-state index in [1.165, 1.54) is 44.7 Å². The average molecular weight is 389 g/mol. The molecule has 2 aliphatic rings. The number of aryl methyl sites for hydroxylation is 1. The van der Waals surface area contributed by atoms with Gasteiger partial charge >= 0.3 is 0 Å². The normalized spacial score (nSPS) is 19.9. The molecule has 1 saturated carbocycles. The number of anilines is 1. The molecule has 0 unspecified atom stereocenters. The zero-order chi connectivity index (χ0) is 19.9. The first-order valence-corrected chi connectivity index (χ1v) is 10.5. The highest BCUT2D eigenvalue weighted by atomic mass is 16.6. The fraction of sp³-hybridized carbons (Fsp3) is 0.667. The summed E-state index contributed by atoms with van der Waals surface area (Å²) in [6, 6.07) is 4.88. The monoisotopic (exact) mass is 388 g/mol. The van der Waals surface area contributed by atoms with Gasteiger partial charge in [-0.15, -0.1) is 0 Å². The second kappa shape index (κ2) is 9.98. The lowest BCUT2D eigenvalue weighted by Crippen LogP contribution is -2.37. The molecule has 1 saturated heterocycles. The number of nitro benzene ring substituents is 1. The van der Waals surface area contributed by atoms with Crippen LogP contribution in [-0.4, -0.2) is 59.9 Å². The zero-order valence-electron chi connectivity index (χ0n) is 16.9. The molecule has 1 aliphatic carbocycles. The Labute approximate surface area is 167 Å². The number of nitro groups is 1. The molecule has 2 fully saturated rings. The highest BCUT2D eigenvalue weighted by Crippen LogP contribution is 2.26. The van der Waals surface area contributed by atoms with Crippen molar-refractivity contribution in [1.82, 2.24) is 9.80 Å². The smallest absolute Gasteiger partial charge is 0.293 e. The third kappa shape index (κ3) is 6.01. The summed E-state index contributed by atoms with van der Waals surface area (Å²) in [5, 5.41) is 14.0. The van der Waals surface area contributed by atoms with E-state index in [4.69, 9.17) is 0 Å². The van der Waals surface area contributed by atoms with Crippen LogP contribution in [0, 0.1) is 23.0 Å². The molecule has 1 aromatic carbocycles. The molecule has 0 bridgehead atoms. The summed E-state index contributed by atoms with van der Waals surface area (Å²) in [5.41, 5.74) is 1.02. The minimum atomic E-state index is -0.447. The number of hydrogen-bond acceptors (Lipinski definition) is 5. The molecule has 1 aliphatic heterocycles. The Hall–Kier alpha value is -1.99. The van der Waals surface area contributed by atoms with Crippen LogP contribution < -0.4 is 5.32 Å². The summed E-state index contributed by atoms with van der Waals surface area (Å²) >= 11 is 0.